The second kappa shape index (κ2) is 5.16. The zero-order chi connectivity index (χ0) is 9.52. The quantitative estimate of drug-likeness (QED) is 0.606. The van der Waals surface area contributed by atoms with E-state index in [0.29, 0.717) is 6.67 Å². The number of nitrogens with one attached hydrogen (secondary N) is 3. The third-order valence-corrected chi connectivity index (χ3v) is 1.46. The van der Waals surface area contributed by atoms with Gasteiger partial charge in [0.25, 0.3) is 0 Å². The SMILES string of the molecule is CNCNC(=O)Nc1ccccc1. The lowest BCUT2D eigenvalue weighted by atomic mass is 10.3. The van der Waals surface area contributed by atoms with Crippen molar-refractivity contribution >= 4 is 11.7 Å². The van der Waals surface area contributed by atoms with Crippen LogP contribution < -0.4 is 16.0 Å². The van der Waals surface area contributed by atoms with Gasteiger partial charge in [-0.3, -0.25) is 0 Å². The van der Waals surface area contributed by atoms with Gasteiger partial charge in [0.1, 0.15) is 0 Å². The molecule has 0 heterocycles. The predicted octanol–water partition coefficient (Wildman–Crippen LogP) is 0.985. The molecule has 1 rings (SSSR count). The summed E-state index contributed by atoms with van der Waals surface area (Å²) in [7, 11) is 1.77. The van der Waals surface area contributed by atoms with E-state index in [9.17, 15) is 4.79 Å². The van der Waals surface area contributed by atoms with E-state index in [0.717, 1.165) is 5.69 Å². The van der Waals surface area contributed by atoms with Crippen LogP contribution in [0.2, 0.25) is 0 Å². The van der Waals surface area contributed by atoms with Crippen molar-refractivity contribution in [3.05, 3.63) is 30.3 Å². The number of benzene rings is 1. The number of para-hydroxylation sites is 1. The molecule has 0 fully saturated rings. The predicted molar refractivity (Wildman–Crippen MR) is 52.5 cm³/mol. The Kier molecular flexibility index (Phi) is 3.78. The number of amides is 2. The summed E-state index contributed by atoms with van der Waals surface area (Å²) in [6, 6.07) is 9.09. The van der Waals surface area contributed by atoms with Crippen LogP contribution in [-0.2, 0) is 0 Å². The summed E-state index contributed by atoms with van der Waals surface area (Å²) in [5.74, 6) is 0. The Hall–Kier alpha value is -1.55. The zero-order valence-electron chi connectivity index (χ0n) is 7.50. The maximum absolute atomic E-state index is 11.1. The fourth-order valence-corrected chi connectivity index (χ4v) is 0.865. The maximum Gasteiger partial charge on any atom is 0.320 e. The van der Waals surface area contributed by atoms with Gasteiger partial charge in [-0.05, 0) is 19.2 Å². The normalized spacial score (nSPS) is 9.31. The average molecular weight is 179 g/mol. The standard InChI is InChI=1S/C9H13N3O/c1-10-7-11-9(13)12-8-5-3-2-4-6-8/h2-6,10H,7H2,1H3,(H2,11,12,13). The van der Waals surface area contributed by atoms with Crippen molar-refractivity contribution in [2.24, 2.45) is 0 Å². The molecule has 4 nitrogen and oxygen atoms in total. The van der Waals surface area contributed by atoms with Crippen LogP contribution in [-0.4, -0.2) is 19.7 Å². The van der Waals surface area contributed by atoms with Crippen molar-refractivity contribution < 1.29 is 4.79 Å². The van der Waals surface area contributed by atoms with Gasteiger partial charge in [-0.25, -0.2) is 4.79 Å². The Balaban J connectivity index is 2.37. The van der Waals surface area contributed by atoms with Crippen molar-refractivity contribution in [1.82, 2.24) is 10.6 Å². The van der Waals surface area contributed by atoms with Crippen molar-refractivity contribution in [3.63, 3.8) is 0 Å². The molecule has 4 heteroatoms. The van der Waals surface area contributed by atoms with Crippen LogP contribution in [0.5, 0.6) is 0 Å². The lowest BCUT2D eigenvalue weighted by molar-refractivity contribution is 0.251. The Morgan fingerprint density at radius 2 is 2.00 bits per heavy atom. The minimum Gasteiger partial charge on any atom is -0.325 e. The van der Waals surface area contributed by atoms with Gasteiger partial charge in [-0.15, -0.1) is 0 Å². The van der Waals surface area contributed by atoms with Crippen molar-refractivity contribution in [2.45, 2.75) is 0 Å². The average Bonchev–Trinajstić information content (AvgIpc) is 2.16. The molecular formula is C9H13N3O. The van der Waals surface area contributed by atoms with Crippen molar-refractivity contribution in [3.8, 4) is 0 Å². The molecule has 0 aromatic heterocycles. The van der Waals surface area contributed by atoms with Crippen LogP contribution >= 0.6 is 0 Å². The first-order valence-electron chi connectivity index (χ1n) is 4.07. The Labute approximate surface area is 77.3 Å². The molecule has 0 aliphatic carbocycles. The number of anilines is 1. The smallest absolute Gasteiger partial charge is 0.320 e. The number of carbonyl (C=O) groups is 1. The molecule has 3 N–H and O–H groups in total. The highest BCUT2D eigenvalue weighted by atomic mass is 16.2. The molecule has 13 heavy (non-hydrogen) atoms. The topological polar surface area (TPSA) is 53.2 Å². The van der Waals surface area contributed by atoms with E-state index < -0.39 is 0 Å². The molecule has 0 unspecified atom stereocenters. The molecule has 1 aromatic carbocycles. The van der Waals surface area contributed by atoms with Crippen LogP contribution in [0.1, 0.15) is 0 Å². The minimum absolute atomic E-state index is 0.208. The number of hydrogen-bond acceptors (Lipinski definition) is 2. The molecule has 1 aromatic rings. The minimum atomic E-state index is -0.208. The van der Waals surface area contributed by atoms with Gasteiger partial charge in [-0.2, -0.15) is 0 Å². The molecule has 0 saturated carbocycles. The van der Waals surface area contributed by atoms with Gasteiger partial charge in [0.2, 0.25) is 0 Å². The summed E-state index contributed by atoms with van der Waals surface area (Å²) in [5.41, 5.74) is 0.788. The van der Waals surface area contributed by atoms with Crippen LogP contribution in [0.25, 0.3) is 0 Å². The molecule has 0 aliphatic rings. The highest BCUT2D eigenvalue weighted by molar-refractivity contribution is 5.89. The van der Waals surface area contributed by atoms with Crippen LogP contribution in [0.4, 0.5) is 10.5 Å². The molecular weight excluding hydrogens is 166 g/mol. The van der Waals surface area contributed by atoms with Crippen LogP contribution in [0.3, 0.4) is 0 Å². The molecule has 0 bridgehead atoms. The summed E-state index contributed by atoms with van der Waals surface area (Å²) in [4.78, 5) is 11.1. The lowest BCUT2D eigenvalue weighted by Gasteiger charge is -2.05. The second-order valence-corrected chi connectivity index (χ2v) is 2.53. The summed E-state index contributed by atoms with van der Waals surface area (Å²) in [6.07, 6.45) is 0. The van der Waals surface area contributed by atoms with E-state index in [1.54, 1.807) is 7.05 Å². The van der Waals surface area contributed by atoms with E-state index in [1.165, 1.54) is 0 Å². The number of rotatable bonds is 3. The monoisotopic (exact) mass is 179 g/mol. The fourth-order valence-electron chi connectivity index (χ4n) is 0.865. The van der Waals surface area contributed by atoms with Crippen molar-refractivity contribution in [1.29, 1.82) is 0 Å². The zero-order valence-corrected chi connectivity index (χ0v) is 7.50. The number of carbonyl (C=O) groups excluding carboxylic acids is 1. The van der Waals surface area contributed by atoms with Gasteiger partial charge in [0.05, 0.1) is 6.67 Å². The third kappa shape index (κ3) is 3.57. The number of hydrogen-bond donors (Lipinski definition) is 3. The molecule has 0 saturated heterocycles. The molecule has 0 radical (unpaired) electrons. The van der Waals surface area contributed by atoms with Crippen LogP contribution in [0.15, 0.2) is 30.3 Å². The second-order valence-electron chi connectivity index (χ2n) is 2.53. The van der Waals surface area contributed by atoms with E-state index >= 15 is 0 Å². The first-order chi connectivity index (χ1) is 6.33. The summed E-state index contributed by atoms with van der Waals surface area (Å²) < 4.78 is 0. The van der Waals surface area contributed by atoms with E-state index in [1.807, 2.05) is 30.3 Å². The van der Waals surface area contributed by atoms with Crippen LogP contribution in [0, 0.1) is 0 Å². The first kappa shape index (κ1) is 9.54. The largest absolute Gasteiger partial charge is 0.325 e. The van der Waals surface area contributed by atoms with Gasteiger partial charge in [0.15, 0.2) is 0 Å². The van der Waals surface area contributed by atoms with E-state index in [4.69, 9.17) is 0 Å². The van der Waals surface area contributed by atoms with E-state index in [2.05, 4.69) is 16.0 Å². The van der Waals surface area contributed by atoms with E-state index in [-0.39, 0.29) is 6.03 Å². The fraction of sp³-hybridized carbons (Fsp3) is 0.222. The molecule has 0 atom stereocenters. The summed E-state index contributed by atoms with van der Waals surface area (Å²) in [5, 5.41) is 8.12. The summed E-state index contributed by atoms with van der Waals surface area (Å²) in [6.45, 7) is 0.457. The maximum atomic E-state index is 11.1. The third-order valence-electron chi connectivity index (χ3n) is 1.46. The lowest BCUT2D eigenvalue weighted by Crippen LogP contribution is -2.35. The molecule has 70 valence electrons. The van der Waals surface area contributed by atoms with Gasteiger partial charge < -0.3 is 16.0 Å². The summed E-state index contributed by atoms with van der Waals surface area (Å²) >= 11 is 0. The molecule has 0 aliphatic heterocycles. The Morgan fingerprint density at radius 1 is 1.31 bits per heavy atom. The Morgan fingerprint density at radius 3 is 2.62 bits per heavy atom. The molecule has 2 amide bonds. The Bertz CT molecular complexity index is 261. The van der Waals surface area contributed by atoms with Crippen molar-refractivity contribution in [2.75, 3.05) is 19.0 Å². The highest BCUT2D eigenvalue weighted by Gasteiger charge is 1.97. The highest BCUT2D eigenvalue weighted by Crippen LogP contribution is 2.03. The first-order valence-corrected chi connectivity index (χ1v) is 4.07. The van der Waals surface area contributed by atoms with Gasteiger partial charge in [0, 0.05) is 5.69 Å². The van der Waals surface area contributed by atoms with Gasteiger partial charge in [-0.1, -0.05) is 18.2 Å². The number of urea groups is 1. The van der Waals surface area contributed by atoms with Gasteiger partial charge >= 0.3 is 6.03 Å². The molecule has 0 spiro atoms.